The van der Waals surface area contributed by atoms with Crippen LogP contribution in [0.15, 0.2) is 36.4 Å². The number of esters is 1. The van der Waals surface area contributed by atoms with Crippen LogP contribution in [0.3, 0.4) is 0 Å². The van der Waals surface area contributed by atoms with Gasteiger partial charge in [0.25, 0.3) is 5.91 Å². The predicted molar refractivity (Wildman–Crippen MR) is 106 cm³/mol. The highest BCUT2D eigenvalue weighted by Crippen LogP contribution is 2.34. The van der Waals surface area contributed by atoms with Crippen LogP contribution in [0.2, 0.25) is 10.0 Å². The van der Waals surface area contributed by atoms with Crippen molar-refractivity contribution < 1.29 is 27.5 Å². The molecule has 11 heteroatoms. The van der Waals surface area contributed by atoms with Crippen LogP contribution in [0.4, 0.5) is 18.9 Å². The van der Waals surface area contributed by atoms with Crippen LogP contribution in [0.5, 0.6) is 0 Å². The number of para-hydroxylation sites is 2. The molecule has 0 radical (unpaired) electrons. The molecule has 0 saturated heterocycles. The van der Waals surface area contributed by atoms with Crippen molar-refractivity contribution in [2.45, 2.75) is 19.6 Å². The number of fused-ring (bicyclic) bond motifs is 1. The molecule has 0 aliphatic heterocycles. The third-order valence-electron chi connectivity index (χ3n) is 4.10. The molecule has 30 heavy (non-hydrogen) atoms. The molecule has 0 aliphatic rings. The van der Waals surface area contributed by atoms with E-state index in [-0.39, 0.29) is 45.5 Å². The molecule has 6 nitrogen and oxygen atoms in total. The summed E-state index contributed by atoms with van der Waals surface area (Å²) in [6.07, 6.45) is -4.78. The second-order valence-corrected chi connectivity index (χ2v) is 6.96. The van der Waals surface area contributed by atoms with Gasteiger partial charge in [-0.2, -0.15) is 13.2 Å². The van der Waals surface area contributed by atoms with E-state index >= 15 is 0 Å². The number of nitrogens with one attached hydrogen (secondary N) is 1. The molecule has 0 aliphatic carbocycles. The standard InChI is InChI=1S/C19H14Cl2F3N3O3/c1-10(28)30-9-8-27-14-7-2-4-11(15(14)26-18(27)19(22,23)24)17(29)25-16-12(20)5-3-6-13(16)21/h2-7H,8-9H2,1H3,(H,25,29). The maximum absolute atomic E-state index is 13.5. The minimum absolute atomic E-state index is 0.0624. The molecule has 1 aromatic heterocycles. The fourth-order valence-electron chi connectivity index (χ4n) is 2.85. The molecule has 3 aromatic rings. The number of imidazole rings is 1. The summed E-state index contributed by atoms with van der Waals surface area (Å²) in [6, 6.07) is 8.76. The van der Waals surface area contributed by atoms with Gasteiger partial charge in [0, 0.05) is 6.92 Å². The summed E-state index contributed by atoms with van der Waals surface area (Å²) in [7, 11) is 0. The molecular weight excluding hydrogens is 446 g/mol. The number of aromatic nitrogens is 2. The number of nitrogens with zero attached hydrogens (tertiary/aromatic N) is 2. The van der Waals surface area contributed by atoms with Crippen LogP contribution in [0.1, 0.15) is 23.1 Å². The Hall–Kier alpha value is -2.78. The smallest absolute Gasteiger partial charge is 0.449 e. The molecule has 0 atom stereocenters. The number of anilines is 1. The molecular formula is C19H14Cl2F3N3O3. The van der Waals surface area contributed by atoms with E-state index < -0.39 is 23.9 Å². The second kappa shape index (κ2) is 8.53. The molecule has 0 bridgehead atoms. The number of amides is 1. The number of halogens is 5. The lowest BCUT2D eigenvalue weighted by atomic mass is 10.1. The van der Waals surface area contributed by atoms with Crippen LogP contribution in [0, 0.1) is 0 Å². The Kier molecular flexibility index (Phi) is 6.23. The largest absolute Gasteiger partial charge is 0.464 e. The molecule has 0 fully saturated rings. The third-order valence-corrected chi connectivity index (χ3v) is 4.73. The highest BCUT2D eigenvalue weighted by atomic mass is 35.5. The van der Waals surface area contributed by atoms with Crippen LogP contribution in [-0.2, 0) is 22.3 Å². The average molecular weight is 460 g/mol. The van der Waals surface area contributed by atoms with Crippen molar-refractivity contribution in [3.05, 3.63) is 57.8 Å². The van der Waals surface area contributed by atoms with E-state index in [0.29, 0.717) is 0 Å². The van der Waals surface area contributed by atoms with Gasteiger partial charge in [-0.15, -0.1) is 0 Å². The van der Waals surface area contributed by atoms with E-state index in [0.717, 1.165) is 11.5 Å². The summed E-state index contributed by atoms with van der Waals surface area (Å²) in [5.41, 5.74) is -0.0610. The first kappa shape index (κ1) is 21.9. The fraction of sp³-hybridized carbons (Fsp3) is 0.211. The normalized spacial score (nSPS) is 11.5. The first-order valence-corrected chi connectivity index (χ1v) is 9.30. The number of carbonyl (C=O) groups excluding carboxylic acids is 2. The van der Waals surface area contributed by atoms with Gasteiger partial charge in [0.05, 0.1) is 33.4 Å². The second-order valence-electron chi connectivity index (χ2n) is 6.15. The maximum Gasteiger partial charge on any atom is 0.449 e. The Balaban J connectivity index is 2.05. The first-order chi connectivity index (χ1) is 14.1. The number of alkyl halides is 3. The molecule has 1 N–H and O–H groups in total. The van der Waals surface area contributed by atoms with Gasteiger partial charge in [0.15, 0.2) is 0 Å². The number of ether oxygens (including phenoxy) is 1. The molecule has 3 rings (SSSR count). The number of benzene rings is 2. The van der Waals surface area contributed by atoms with Gasteiger partial charge in [-0.1, -0.05) is 35.3 Å². The molecule has 0 unspecified atom stereocenters. The van der Waals surface area contributed by atoms with Gasteiger partial charge in [-0.25, -0.2) is 4.98 Å². The molecule has 0 saturated carbocycles. The van der Waals surface area contributed by atoms with Gasteiger partial charge in [-0.05, 0) is 24.3 Å². The van der Waals surface area contributed by atoms with Crippen molar-refractivity contribution in [3.63, 3.8) is 0 Å². The summed E-state index contributed by atoms with van der Waals surface area (Å²) >= 11 is 12.1. The van der Waals surface area contributed by atoms with Gasteiger partial charge >= 0.3 is 12.1 Å². The quantitative estimate of drug-likeness (QED) is 0.533. The number of rotatable bonds is 5. The number of hydrogen-bond donors (Lipinski definition) is 1. The minimum atomic E-state index is -4.78. The zero-order valence-corrected chi connectivity index (χ0v) is 16.9. The lowest BCUT2D eigenvalue weighted by molar-refractivity contribution is -0.147. The number of carbonyl (C=O) groups is 2. The van der Waals surface area contributed by atoms with Gasteiger partial charge in [0.1, 0.15) is 12.1 Å². The Morgan fingerprint density at radius 2 is 1.77 bits per heavy atom. The lowest BCUT2D eigenvalue weighted by Crippen LogP contribution is -2.18. The van der Waals surface area contributed by atoms with E-state index in [1.807, 2.05) is 0 Å². The van der Waals surface area contributed by atoms with Crippen LogP contribution in [0.25, 0.3) is 11.0 Å². The Morgan fingerprint density at radius 1 is 1.13 bits per heavy atom. The van der Waals surface area contributed by atoms with Gasteiger partial charge in [0.2, 0.25) is 5.82 Å². The summed E-state index contributed by atoms with van der Waals surface area (Å²) < 4.78 is 46.2. The minimum Gasteiger partial charge on any atom is -0.464 e. The molecule has 158 valence electrons. The summed E-state index contributed by atoms with van der Waals surface area (Å²) in [6.45, 7) is 0.584. The van der Waals surface area contributed by atoms with Crippen LogP contribution in [-0.4, -0.2) is 28.0 Å². The zero-order chi connectivity index (χ0) is 22.1. The molecule has 1 heterocycles. The summed E-state index contributed by atoms with van der Waals surface area (Å²) in [5, 5.41) is 2.85. The monoisotopic (exact) mass is 459 g/mol. The topological polar surface area (TPSA) is 73.2 Å². The van der Waals surface area contributed by atoms with Gasteiger partial charge < -0.3 is 14.6 Å². The number of hydrogen-bond acceptors (Lipinski definition) is 4. The highest BCUT2D eigenvalue weighted by Gasteiger charge is 2.38. The Morgan fingerprint density at radius 3 is 2.37 bits per heavy atom. The highest BCUT2D eigenvalue weighted by molar-refractivity contribution is 6.40. The van der Waals surface area contributed by atoms with Gasteiger partial charge in [-0.3, -0.25) is 9.59 Å². The van der Waals surface area contributed by atoms with Crippen molar-refractivity contribution in [1.29, 1.82) is 0 Å². The van der Waals surface area contributed by atoms with Crippen LogP contribution >= 0.6 is 23.2 Å². The SMILES string of the molecule is CC(=O)OCCn1c(C(F)(F)F)nc2c(C(=O)Nc3c(Cl)cccc3Cl)cccc21. The maximum atomic E-state index is 13.5. The average Bonchev–Trinajstić information content (AvgIpc) is 3.03. The van der Waals surface area contributed by atoms with Crippen molar-refractivity contribution in [2.75, 3.05) is 11.9 Å². The summed E-state index contributed by atoms with van der Waals surface area (Å²) in [4.78, 5) is 27.4. The van der Waals surface area contributed by atoms with E-state index in [9.17, 15) is 22.8 Å². The fourth-order valence-corrected chi connectivity index (χ4v) is 3.34. The zero-order valence-electron chi connectivity index (χ0n) is 15.4. The van der Waals surface area contributed by atoms with E-state index in [1.54, 1.807) is 6.07 Å². The third kappa shape index (κ3) is 4.52. The Bertz CT molecular complexity index is 1110. The molecule has 0 spiro atoms. The van der Waals surface area contributed by atoms with Crippen molar-refractivity contribution in [3.8, 4) is 0 Å². The van der Waals surface area contributed by atoms with Crippen molar-refractivity contribution >= 4 is 51.8 Å². The summed E-state index contributed by atoms with van der Waals surface area (Å²) in [5.74, 6) is -2.56. The molecule has 1 amide bonds. The van der Waals surface area contributed by atoms with E-state index in [1.165, 1.54) is 30.3 Å². The lowest BCUT2D eigenvalue weighted by Gasteiger charge is -2.11. The van der Waals surface area contributed by atoms with Crippen molar-refractivity contribution in [1.82, 2.24) is 9.55 Å². The van der Waals surface area contributed by atoms with Crippen LogP contribution < -0.4 is 5.32 Å². The predicted octanol–water partition coefficient (Wildman–Crippen LogP) is 5.18. The first-order valence-electron chi connectivity index (χ1n) is 8.54. The molecule has 2 aromatic carbocycles. The Labute approximate surface area is 178 Å². The van der Waals surface area contributed by atoms with E-state index in [4.69, 9.17) is 27.9 Å². The van der Waals surface area contributed by atoms with E-state index in [2.05, 4.69) is 10.3 Å². The van der Waals surface area contributed by atoms with Crippen molar-refractivity contribution in [2.24, 2.45) is 0 Å².